The highest BCUT2D eigenvalue weighted by molar-refractivity contribution is 5.99. The highest BCUT2D eigenvalue weighted by atomic mass is 16.3. The van der Waals surface area contributed by atoms with Crippen LogP contribution < -0.4 is 21.5 Å². The maximum absolute atomic E-state index is 12.2. The van der Waals surface area contributed by atoms with E-state index in [4.69, 9.17) is 4.42 Å². The van der Waals surface area contributed by atoms with E-state index in [0.717, 1.165) is 12.8 Å². The minimum absolute atomic E-state index is 0.0666. The first-order valence-corrected chi connectivity index (χ1v) is 9.32. The van der Waals surface area contributed by atoms with Gasteiger partial charge in [0.15, 0.2) is 5.75 Å². The molecule has 1 saturated carbocycles. The van der Waals surface area contributed by atoms with Crippen LogP contribution in [-0.2, 0) is 0 Å². The third kappa shape index (κ3) is 3.37. The Morgan fingerprint density at radius 2 is 1.86 bits per heavy atom. The Kier molecular flexibility index (Phi) is 4.62. The molecule has 0 aliphatic heterocycles. The second kappa shape index (κ2) is 7.12. The Morgan fingerprint density at radius 1 is 1.14 bits per heavy atom. The highest BCUT2D eigenvalue weighted by Gasteiger charge is 2.36. The molecule has 1 fully saturated rings. The molecular formula is C21H21N3O5. The number of para-hydroxylation sites is 1. The van der Waals surface area contributed by atoms with Gasteiger partial charge in [0, 0.05) is 14.1 Å². The third-order valence-corrected chi connectivity index (χ3v) is 5.09. The van der Waals surface area contributed by atoms with Crippen molar-refractivity contribution in [2.45, 2.75) is 18.9 Å². The largest absolute Gasteiger partial charge is 0.505 e. The van der Waals surface area contributed by atoms with Gasteiger partial charge in [0.05, 0.1) is 23.6 Å². The summed E-state index contributed by atoms with van der Waals surface area (Å²) in [5.41, 5.74) is -0.799. The SMILES string of the molecule is CN(C)C(=O)c1cccc(Nc2c(N[C@H](c3ccco3)C3CC3)c(=O)c2=O)c1O. The fraction of sp³-hybridized carbons (Fsp3) is 0.286. The molecule has 1 atom stereocenters. The van der Waals surface area contributed by atoms with E-state index in [-0.39, 0.29) is 40.3 Å². The van der Waals surface area contributed by atoms with Crippen molar-refractivity contribution in [1.29, 1.82) is 0 Å². The number of benzene rings is 1. The third-order valence-electron chi connectivity index (χ3n) is 5.09. The summed E-state index contributed by atoms with van der Waals surface area (Å²) >= 11 is 0. The Labute approximate surface area is 166 Å². The molecule has 0 saturated heterocycles. The van der Waals surface area contributed by atoms with Gasteiger partial charge in [0.25, 0.3) is 16.8 Å². The molecule has 1 amide bonds. The molecule has 8 heteroatoms. The molecule has 1 aliphatic rings. The molecule has 150 valence electrons. The number of rotatable bonds is 7. The van der Waals surface area contributed by atoms with Crippen molar-refractivity contribution in [3.63, 3.8) is 0 Å². The van der Waals surface area contributed by atoms with Crippen molar-refractivity contribution < 1.29 is 14.3 Å². The van der Waals surface area contributed by atoms with Crippen molar-refractivity contribution >= 4 is 23.0 Å². The van der Waals surface area contributed by atoms with E-state index in [1.807, 2.05) is 6.07 Å². The molecule has 1 heterocycles. The minimum atomic E-state index is -0.676. The van der Waals surface area contributed by atoms with Crippen LogP contribution in [0.4, 0.5) is 17.1 Å². The monoisotopic (exact) mass is 395 g/mol. The second-order valence-electron chi connectivity index (χ2n) is 7.41. The molecule has 1 aromatic heterocycles. The van der Waals surface area contributed by atoms with Crippen LogP contribution in [0.5, 0.6) is 5.75 Å². The number of aromatic hydroxyl groups is 1. The number of carbonyl (C=O) groups excluding carboxylic acids is 1. The van der Waals surface area contributed by atoms with Gasteiger partial charge in [-0.3, -0.25) is 14.4 Å². The molecule has 3 aromatic rings. The molecule has 0 radical (unpaired) electrons. The van der Waals surface area contributed by atoms with E-state index >= 15 is 0 Å². The molecule has 4 rings (SSSR count). The first kappa shape index (κ1) is 18.8. The van der Waals surface area contributed by atoms with Crippen LogP contribution in [0.3, 0.4) is 0 Å². The lowest BCUT2D eigenvalue weighted by Gasteiger charge is -2.21. The lowest BCUT2D eigenvalue weighted by molar-refractivity contribution is 0.0824. The Morgan fingerprint density at radius 3 is 2.48 bits per heavy atom. The Hall–Kier alpha value is -3.55. The van der Waals surface area contributed by atoms with Gasteiger partial charge in [-0.1, -0.05) is 6.07 Å². The molecule has 1 aliphatic carbocycles. The first-order chi connectivity index (χ1) is 13.9. The number of amides is 1. The van der Waals surface area contributed by atoms with Crippen molar-refractivity contribution in [3.8, 4) is 5.75 Å². The smallest absolute Gasteiger partial charge is 0.257 e. The predicted molar refractivity (Wildman–Crippen MR) is 109 cm³/mol. The molecule has 0 spiro atoms. The number of nitrogens with zero attached hydrogens (tertiary/aromatic N) is 1. The van der Waals surface area contributed by atoms with Crippen molar-refractivity contribution in [3.05, 3.63) is 68.4 Å². The lowest BCUT2D eigenvalue weighted by Crippen LogP contribution is -2.37. The standard InChI is InChI=1S/C21H21N3O5/c1-24(2)21(28)12-5-3-6-13(18(12)25)22-16-17(20(27)19(16)26)23-15(11-8-9-11)14-7-4-10-29-14/h3-7,10-11,15,22-23,25H,8-9H2,1-2H3/t15-/m0/s1. The fourth-order valence-electron chi connectivity index (χ4n) is 3.32. The van der Waals surface area contributed by atoms with E-state index in [2.05, 4.69) is 10.6 Å². The molecule has 0 bridgehead atoms. The summed E-state index contributed by atoms with van der Waals surface area (Å²) in [7, 11) is 3.15. The van der Waals surface area contributed by atoms with Crippen LogP contribution in [0.1, 0.15) is 35.0 Å². The number of nitrogens with one attached hydrogen (secondary N) is 2. The number of hydrogen-bond acceptors (Lipinski definition) is 7. The zero-order chi connectivity index (χ0) is 20.7. The van der Waals surface area contributed by atoms with Gasteiger partial charge in [0.2, 0.25) is 0 Å². The van der Waals surface area contributed by atoms with Crippen LogP contribution >= 0.6 is 0 Å². The van der Waals surface area contributed by atoms with Gasteiger partial charge in [0.1, 0.15) is 17.1 Å². The molecule has 8 nitrogen and oxygen atoms in total. The van der Waals surface area contributed by atoms with Gasteiger partial charge < -0.3 is 25.1 Å². The van der Waals surface area contributed by atoms with Crippen LogP contribution in [0, 0.1) is 5.92 Å². The number of hydrogen-bond donors (Lipinski definition) is 3. The van der Waals surface area contributed by atoms with Crippen molar-refractivity contribution in [1.82, 2.24) is 4.90 Å². The predicted octanol–water partition coefficient (Wildman–Crippen LogP) is 2.59. The first-order valence-electron chi connectivity index (χ1n) is 9.32. The Balaban J connectivity index is 1.63. The van der Waals surface area contributed by atoms with Crippen LogP contribution in [0.15, 0.2) is 50.6 Å². The Bertz CT molecular complexity index is 1120. The summed E-state index contributed by atoms with van der Waals surface area (Å²) in [5.74, 6) is 0.372. The summed E-state index contributed by atoms with van der Waals surface area (Å²) in [6, 6.07) is 8.02. The highest BCUT2D eigenvalue weighted by Crippen LogP contribution is 2.43. The summed E-state index contributed by atoms with van der Waals surface area (Å²) in [4.78, 5) is 37.9. The average molecular weight is 395 g/mol. The average Bonchev–Trinajstić information content (AvgIpc) is 3.40. The van der Waals surface area contributed by atoms with Crippen LogP contribution in [-0.4, -0.2) is 30.0 Å². The zero-order valence-electron chi connectivity index (χ0n) is 16.1. The normalized spacial score (nSPS) is 14.6. The van der Waals surface area contributed by atoms with Crippen LogP contribution in [0.2, 0.25) is 0 Å². The van der Waals surface area contributed by atoms with Gasteiger partial charge in [-0.25, -0.2) is 0 Å². The molecular weight excluding hydrogens is 374 g/mol. The number of phenols is 1. The number of phenolic OH excluding ortho intramolecular Hbond substituents is 1. The summed E-state index contributed by atoms with van der Waals surface area (Å²) < 4.78 is 5.48. The van der Waals surface area contributed by atoms with Gasteiger partial charge in [-0.05, 0) is 43.0 Å². The second-order valence-corrected chi connectivity index (χ2v) is 7.41. The quantitative estimate of drug-likeness (QED) is 0.416. The minimum Gasteiger partial charge on any atom is -0.505 e. The number of anilines is 3. The van der Waals surface area contributed by atoms with E-state index in [9.17, 15) is 19.5 Å². The maximum Gasteiger partial charge on any atom is 0.257 e. The van der Waals surface area contributed by atoms with Gasteiger partial charge >= 0.3 is 0 Å². The van der Waals surface area contributed by atoms with Crippen LogP contribution in [0.25, 0.3) is 0 Å². The van der Waals surface area contributed by atoms with E-state index < -0.39 is 10.9 Å². The molecule has 29 heavy (non-hydrogen) atoms. The van der Waals surface area contributed by atoms with Crippen molar-refractivity contribution in [2.24, 2.45) is 5.92 Å². The summed E-state index contributed by atoms with van der Waals surface area (Å²) in [5, 5.41) is 16.4. The van der Waals surface area contributed by atoms with E-state index in [1.54, 1.807) is 32.5 Å². The van der Waals surface area contributed by atoms with Crippen molar-refractivity contribution in [2.75, 3.05) is 24.7 Å². The summed E-state index contributed by atoms with van der Waals surface area (Å²) in [6.45, 7) is 0. The number of carbonyl (C=O) groups is 1. The fourth-order valence-corrected chi connectivity index (χ4v) is 3.32. The zero-order valence-corrected chi connectivity index (χ0v) is 16.1. The van der Waals surface area contributed by atoms with E-state index in [1.165, 1.54) is 17.0 Å². The number of furan rings is 1. The van der Waals surface area contributed by atoms with Gasteiger partial charge in [-0.2, -0.15) is 0 Å². The van der Waals surface area contributed by atoms with E-state index in [0.29, 0.717) is 11.7 Å². The molecule has 0 unspecified atom stereocenters. The topological polar surface area (TPSA) is 112 Å². The lowest BCUT2D eigenvalue weighted by atomic mass is 10.1. The molecule has 2 aromatic carbocycles. The maximum atomic E-state index is 12.2. The van der Waals surface area contributed by atoms with Gasteiger partial charge in [-0.15, -0.1) is 0 Å². The summed E-state index contributed by atoms with van der Waals surface area (Å²) in [6.07, 6.45) is 3.58. The molecule has 3 N–H and O–H groups in total.